The van der Waals surface area contributed by atoms with Crippen LogP contribution in [-0.4, -0.2) is 15.1 Å². The molecule has 2 N–H and O–H groups in total. The molecule has 0 unspecified atom stereocenters. The summed E-state index contributed by atoms with van der Waals surface area (Å²) < 4.78 is 0. The summed E-state index contributed by atoms with van der Waals surface area (Å²) in [6.07, 6.45) is 0.885. The highest BCUT2D eigenvalue weighted by Gasteiger charge is 2.07. The van der Waals surface area contributed by atoms with Gasteiger partial charge in [0.05, 0.1) is 10.9 Å². The monoisotopic (exact) mass is 342 g/mol. The van der Waals surface area contributed by atoms with Crippen LogP contribution in [0.3, 0.4) is 0 Å². The van der Waals surface area contributed by atoms with Gasteiger partial charge in [-0.1, -0.05) is 49.4 Å². The van der Waals surface area contributed by atoms with Crippen LogP contribution in [-0.2, 0) is 6.42 Å². The first-order valence-electron chi connectivity index (χ1n) is 8.57. The quantitative estimate of drug-likeness (QED) is 0.575. The van der Waals surface area contributed by atoms with Gasteiger partial charge in [0.15, 0.2) is 0 Å². The van der Waals surface area contributed by atoms with E-state index in [9.17, 15) is 9.90 Å². The van der Waals surface area contributed by atoms with Crippen molar-refractivity contribution in [1.29, 1.82) is 0 Å². The molecule has 0 atom stereocenters. The van der Waals surface area contributed by atoms with E-state index in [1.807, 2.05) is 54.6 Å². The molecular formula is C22H18N2O2. The van der Waals surface area contributed by atoms with Crippen LogP contribution in [0.25, 0.3) is 33.4 Å². The van der Waals surface area contributed by atoms with Crippen molar-refractivity contribution in [3.63, 3.8) is 0 Å². The van der Waals surface area contributed by atoms with E-state index in [-0.39, 0.29) is 11.3 Å². The summed E-state index contributed by atoms with van der Waals surface area (Å²) >= 11 is 0. The second-order valence-corrected chi connectivity index (χ2v) is 6.24. The third-order valence-electron chi connectivity index (χ3n) is 4.54. The maximum Gasteiger partial charge on any atom is 0.259 e. The Balaban J connectivity index is 1.73. The first kappa shape index (κ1) is 16.1. The standard InChI is InChI=1S/C22H18N2O2/c1-2-14-3-12-20-19(13-14)22(26)24-21(23-20)17-6-4-15(5-7-17)16-8-10-18(25)11-9-16/h3-13,25H,2H2,1H3,(H,23,24,26). The summed E-state index contributed by atoms with van der Waals surface area (Å²) in [4.78, 5) is 19.9. The Morgan fingerprint density at radius 3 is 2.15 bits per heavy atom. The fraction of sp³-hybridized carbons (Fsp3) is 0.0909. The number of aromatic nitrogens is 2. The third-order valence-corrected chi connectivity index (χ3v) is 4.54. The number of hydrogen-bond donors (Lipinski definition) is 2. The molecule has 4 aromatic rings. The molecular weight excluding hydrogens is 324 g/mol. The normalized spacial score (nSPS) is 11.0. The maximum atomic E-state index is 12.4. The van der Waals surface area contributed by atoms with Gasteiger partial charge in [0.1, 0.15) is 11.6 Å². The number of rotatable bonds is 3. The van der Waals surface area contributed by atoms with Gasteiger partial charge in [-0.15, -0.1) is 0 Å². The predicted octanol–water partition coefficient (Wildman–Crippen LogP) is 4.53. The molecule has 0 radical (unpaired) electrons. The van der Waals surface area contributed by atoms with E-state index in [1.165, 1.54) is 0 Å². The van der Waals surface area contributed by atoms with Crippen molar-refractivity contribution in [1.82, 2.24) is 9.97 Å². The van der Waals surface area contributed by atoms with E-state index in [4.69, 9.17) is 0 Å². The number of H-pyrrole nitrogens is 1. The van der Waals surface area contributed by atoms with Crippen molar-refractivity contribution in [2.75, 3.05) is 0 Å². The van der Waals surface area contributed by atoms with Gasteiger partial charge < -0.3 is 10.1 Å². The van der Waals surface area contributed by atoms with Crippen LogP contribution in [0.5, 0.6) is 5.75 Å². The summed E-state index contributed by atoms with van der Waals surface area (Å²) in [6, 6.07) is 20.7. The van der Waals surface area contributed by atoms with E-state index in [2.05, 4.69) is 16.9 Å². The first-order valence-corrected chi connectivity index (χ1v) is 8.57. The van der Waals surface area contributed by atoms with Gasteiger partial charge in [-0.3, -0.25) is 4.79 Å². The SMILES string of the molecule is CCc1ccc2nc(-c3ccc(-c4ccc(O)cc4)cc3)[nH]c(=O)c2c1. The molecule has 0 bridgehead atoms. The molecule has 0 fully saturated rings. The van der Waals surface area contributed by atoms with Crippen LogP contribution in [0.2, 0.25) is 0 Å². The van der Waals surface area contributed by atoms with E-state index in [0.29, 0.717) is 16.7 Å². The molecule has 0 amide bonds. The number of aromatic hydroxyl groups is 1. The summed E-state index contributed by atoms with van der Waals surface area (Å²) in [7, 11) is 0. The van der Waals surface area contributed by atoms with Gasteiger partial charge in [0, 0.05) is 5.56 Å². The fourth-order valence-electron chi connectivity index (χ4n) is 3.02. The largest absolute Gasteiger partial charge is 0.508 e. The summed E-state index contributed by atoms with van der Waals surface area (Å²) in [5, 5.41) is 10.0. The molecule has 26 heavy (non-hydrogen) atoms. The third kappa shape index (κ3) is 2.97. The average Bonchev–Trinajstić information content (AvgIpc) is 2.68. The lowest BCUT2D eigenvalue weighted by molar-refractivity contribution is 0.475. The summed E-state index contributed by atoms with van der Waals surface area (Å²) in [5.74, 6) is 0.804. The number of fused-ring (bicyclic) bond motifs is 1. The Morgan fingerprint density at radius 1 is 0.885 bits per heavy atom. The molecule has 0 aliphatic carbocycles. The van der Waals surface area contributed by atoms with Crippen molar-refractivity contribution >= 4 is 10.9 Å². The number of aryl methyl sites for hydroxylation is 1. The number of phenols is 1. The number of benzene rings is 3. The number of phenolic OH excluding ortho intramolecular Hbond substituents is 1. The molecule has 0 aliphatic rings. The van der Waals surface area contributed by atoms with Gasteiger partial charge in [-0.2, -0.15) is 0 Å². The molecule has 3 aromatic carbocycles. The van der Waals surface area contributed by atoms with E-state index in [0.717, 1.165) is 28.7 Å². The Kier molecular flexibility index (Phi) is 4.01. The number of nitrogens with one attached hydrogen (secondary N) is 1. The predicted molar refractivity (Wildman–Crippen MR) is 104 cm³/mol. The Hall–Kier alpha value is -3.40. The lowest BCUT2D eigenvalue weighted by Crippen LogP contribution is -2.09. The Bertz CT molecular complexity index is 1130. The van der Waals surface area contributed by atoms with Crippen LogP contribution in [0.15, 0.2) is 71.5 Å². The second kappa shape index (κ2) is 6.48. The van der Waals surface area contributed by atoms with Crippen molar-refractivity contribution in [3.05, 3.63) is 82.6 Å². The van der Waals surface area contributed by atoms with Gasteiger partial charge >= 0.3 is 0 Å². The first-order chi connectivity index (χ1) is 12.6. The smallest absolute Gasteiger partial charge is 0.259 e. The summed E-state index contributed by atoms with van der Waals surface area (Å²) in [6.45, 7) is 2.06. The highest BCUT2D eigenvalue weighted by Crippen LogP contribution is 2.25. The lowest BCUT2D eigenvalue weighted by Gasteiger charge is -2.06. The minimum atomic E-state index is -0.122. The van der Waals surface area contributed by atoms with Crippen molar-refractivity contribution in [2.45, 2.75) is 13.3 Å². The molecule has 4 rings (SSSR count). The molecule has 0 aliphatic heterocycles. The van der Waals surface area contributed by atoms with Crippen LogP contribution in [0, 0.1) is 0 Å². The molecule has 0 spiro atoms. The van der Waals surface area contributed by atoms with Crippen LogP contribution in [0.1, 0.15) is 12.5 Å². The molecule has 1 heterocycles. The molecule has 0 saturated carbocycles. The molecule has 128 valence electrons. The molecule has 4 nitrogen and oxygen atoms in total. The van der Waals surface area contributed by atoms with Crippen molar-refractivity contribution < 1.29 is 5.11 Å². The Labute approximate surface area is 150 Å². The van der Waals surface area contributed by atoms with Crippen LogP contribution in [0.4, 0.5) is 0 Å². The fourth-order valence-corrected chi connectivity index (χ4v) is 3.02. The summed E-state index contributed by atoms with van der Waals surface area (Å²) in [5.41, 5.74) is 4.60. The van der Waals surface area contributed by atoms with Gasteiger partial charge in [-0.05, 0) is 47.4 Å². The Morgan fingerprint density at radius 2 is 1.50 bits per heavy atom. The zero-order valence-electron chi connectivity index (χ0n) is 14.4. The minimum absolute atomic E-state index is 0.122. The highest BCUT2D eigenvalue weighted by molar-refractivity contribution is 5.80. The van der Waals surface area contributed by atoms with Gasteiger partial charge in [-0.25, -0.2) is 4.98 Å². The zero-order valence-corrected chi connectivity index (χ0v) is 14.4. The number of hydrogen-bond acceptors (Lipinski definition) is 3. The second-order valence-electron chi connectivity index (χ2n) is 6.24. The van der Waals surface area contributed by atoms with Gasteiger partial charge in [0.2, 0.25) is 0 Å². The number of nitrogens with zero attached hydrogens (tertiary/aromatic N) is 1. The molecule has 4 heteroatoms. The van der Waals surface area contributed by atoms with Crippen LogP contribution < -0.4 is 5.56 Å². The van der Waals surface area contributed by atoms with Crippen molar-refractivity contribution in [3.8, 4) is 28.3 Å². The molecule has 1 aromatic heterocycles. The minimum Gasteiger partial charge on any atom is -0.508 e. The van der Waals surface area contributed by atoms with E-state index < -0.39 is 0 Å². The van der Waals surface area contributed by atoms with Crippen molar-refractivity contribution in [2.24, 2.45) is 0 Å². The highest BCUT2D eigenvalue weighted by atomic mass is 16.3. The lowest BCUT2D eigenvalue weighted by atomic mass is 10.0. The topological polar surface area (TPSA) is 66.0 Å². The number of aromatic amines is 1. The molecule has 0 saturated heterocycles. The average molecular weight is 342 g/mol. The zero-order chi connectivity index (χ0) is 18.1. The maximum absolute atomic E-state index is 12.4. The van der Waals surface area contributed by atoms with E-state index >= 15 is 0 Å². The van der Waals surface area contributed by atoms with Gasteiger partial charge in [0.25, 0.3) is 5.56 Å². The van der Waals surface area contributed by atoms with Crippen LogP contribution >= 0.6 is 0 Å². The van der Waals surface area contributed by atoms with E-state index in [1.54, 1.807) is 12.1 Å².